The van der Waals surface area contributed by atoms with Gasteiger partial charge in [0.25, 0.3) is 6.43 Å². The van der Waals surface area contributed by atoms with Crippen molar-refractivity contribution in [2.45, 2.75) is 64.1 Å². The number of likely N-dealkylation sites (tertiary alicyclic amines) is 1. The predicted octanol–water partition coefficient (Wildman–Crippen LogP) is 3.84. The second kappa shape index (κ2) is 11.8. The highest BCUT2D eigenvalue weighted by molar-refractivity contribution is 5.59. The Morgan fingerprint density at radius 3 is 2.82 bits per heavy atom. The van der Waals surface area contributed by atoms with E-state index in [1.165, 1.54) is 6.07 Å². The first-order valence-corrected chi connectivity index (χ1v) is 13.6. The molecule has 3 aliphatic heterocycles. The Morgan fingerprint density at radius 2 is 2.05 bits per heavy atom. The van der Waals surface area contributed by atoms with E-state index in [4.69, 9.17) is 14.7 Å². The fraction of sp³-hybridized carbons (Fsp3) is 0.607. The van der Waals surface area contributed by atoms with E-state index in [0.717, 1.165) is 74.6 Å². The number of benzene rings is 1. The lowest BCUT2D eigenvalue weighted by molar-refractivity contribution is 0.150. The highest BCUT2D eigenvalue weighted by Gasteiger charge is 2.29. The van der Waals surface area contributed by atoms with Crippen molar-refractivity contribution in [1.29, 1.82) is 5.26 Å². The Kier molecular flexibility index (Phi) is 8.24. The topological polar surface area (TPSA) is 80.6 Å². The first kappa shape index (κ1) is 26.6. The molecule has 0 aliphatic carbocycles. The zero-order valence-corrected chi connectivity index (χ0v) is 22.3. The molecule has 4 heterocycles. The van der Waals surface area contributed by atoms with Crippen LogP contribution in [0.5, 0.6) is 6.01 Å². The third-order valence-corrected chi connectivity index (χ3v) is 8.14. The quantitative estimate of drug-likeness (QED) is 0.584. The monoisotopic (exact) mass is 525 g/mol. The molecule has 2 fully saturated rings. The summed E-state index contributed by atoms with van der Waals surface area (Å²) >= 11 is 0. The normalized spacial score (nSPS) is 22.3. The van der Waals surface area contributed by atoms with Gasteiger partial charge < -0.3 is 24.8 Å². The van der Waals surface area contributed by atoms with E-state index in [0.29, 0.717) is 43.7 Å². The van der Waals surface area contributed by atoms with E-state index < -0.39 is 6.43 Å². The van der Waals surface area contributed by atoms with Crippen LogP contribution >= 0.6 is 0 Å². The molecule has 1 aromatic heterocycles. The van der Waals surface area contributed by atoms with E-state index in [-0.39, 0.29) is 11.6 Å². The molecule has 0 spiro atoms. The molecule has 5 rings (SSSR count). The molecular weight excluding hydrogens is 488 g/mol. The summed E-state index contributed by atoms with van der Waals surface area (Å²) in [7, 11) is 2.12. The molecule has 1 aromatic carbocycles. The smallest absolute Gasteiger partial charge is 0.318 e. The van der Waals surface area contributed by atoms with Gasteiger partial charge >= 0.3 is 6.01 Å². The maximum atomic E-state index is 13.6. The SMILES string of the molecule is Cc1c(C(F)F)cccc1N1CCCc2c(nc(OC[C@@H]3CCCN3C)nc2N2CCNC(CC#N)C2)C1. The van der Waals surface area contributed by atoms with Crippen LogP contribution < -0.4 is 19.9 Å². The summed E-state index contributed by atoms with van der Waals surface area (Å²) in [6.07, 6.45) is 1.85. The fourth-order valence-electron chi connectivity index (χ4n) is 5.97. The Labute approximate surface area is 223 Å². The van der Waals surface area contributed by atoms with E-state index in [2.05, 4.69) is 33.1 Å². The number of hydrogen-bond acceptors (Lipinski definition) is 8. The maximum absolute atomic E-state index is 13.6. The van der Waals surface area contributed by atoms with Gasteiger partial charge in [-0.15, -0.1) is 0 Å². The lowest BCUT2D eigenvalue weighted by atomic mass is 10.1. The van der Waals surface area contributed by atoms with Crippen molar-refractivity contribution in [3.8, 4) is 12.1 Å². The average Bonchev–Trinajstić information content (AvgIpc) is 3.19. The number of nitriles is 1. The molecule has 1 unspecified atom stereocenters. The first-order chi connectivity index (χ1) is 18.4. The van der Waals surface area contributed by atoms with E-state index in [1.54, 1.807) is 13.0 Å². The lowest BCUT2D eigenvalue weighted by Gasteiger charge is -2.35. The van der Waals surface area contributed by atoms with Crippen LogP contribution in [0, 0.1) is 18.3 Å². The maximum Gasteiger partial charge on any atom is 0.318 e. The molecule has 10 heteroatoms. The Balaban J connectivity index is 1.48. The number of piperazine rings is 1. The standard InChI is InChI=1S/C28H37F2N7O/c1-19-22(26(29)30)7-3-9-25(19)36-14-5-8-23-24(17-36)33-28(38-18-21-6-4-13-35(21)2)34-27(23)37-15-12-32-20(16-37)10-11-31/h3,7,9,20-21,26,32H,4-6,8,10,12-18H2,1-2H3/t20?,21-/m0/s1. The molecule has 8 nitrogen and oxygen atoms in total. The predicted molar refractivity (Wildman–Crippen MR) is 143 cm³/mol. The molecule has 1 N–H and O–H groups in total. The van der Waals surface area contributed by atoms with Crippen LogP contribution in [0.25, 0.3) is 0 Å². The lowest BCUT2D eigenvalue weighted by Crippen LogP contribution is -2.51. The van der Waals surface area contributed by atoms with Gasteiger partial charge in [0.05, 0.1) is 24.7 Å². The molecule has 0 bridgehead atoms. The van der Waals surface area contributed by atoms with E-state index >= 15 is 0 Å². The molecule has 2 aromatic rings. The van der Waals surface area contributed by atoms with Crippen LogP contribution in [-0.2, 0) is 13.0 Å². The van der Waals surface area contributed by atoms with Crippen LogP contribution in [0.4, 0.5) is 20.3 Å². The highest BCUT2D eigenvalue weighted by atomic mass is 19.3. The fourth-order valence-corrected chi connectivity index (χ4v) is 5.97. The van der Waals surface area contributed by atoms with Gasteiger partial charge in [-0.1, -0.05) is 12.1 Å². The third-order valence-electron chi connectivity index (χ3n) is 8.14. The van der Waals surface area contributed by atoms with Crippen molar-refractivity contribution in [2.75, 3.05) is 56.2 Å². The average molecular weight is 526 g/mol. The minimum Gasteiger partial charge on any atom is -0.462 e. The molecular formula is C28H37F2N7O. The van der Waals surface area contributed by atoms with Crippen molar-refractivity contribution in [3.63, 3.8) is 0 Å². The van der Waals surface area contributed by atoms with Gasteiger partial charge in [0.2, 0.25) is 0 Å². The molecule has 2 saturated heterocycles. The molecule has 0 radical (unpaired) electrons. The van der Waals surface area contributed by atoms with Crippen molar-refractivity contribution in [2.24, 2.45) is 0 Å². The minimum absolute atomic E-state index is 0.0735. The molecule has 204 valence electrons. The summed E-state index contributed by atoms with van der Waals surface area (Å²) in [6, 6.07) is 8.21. The Morgan fingerprint density at radius 1 is 1.18 bits per heavy atom. The van der Waals surface area contributed by atoms with Crippen molar-refractivity contribution in [1.82, 2.24) is 20.2 Å². The van der Waals surface area contributed by atoms with Crippen LogP contribution in [0.3, 0.4) is 0 Å². The summed E-state index contributed by atoms with van der Waals surface area (Å²) in [5.74, 6) is 0.883. The number of alkyl halides is 2. The molecule has 3 aliphatic rings. The number of nitrogens with zero attached hydrogens (tertiary/aromatic N) is 6. The van der Waals surface area contributed by atoms with Crippen LogP contribution in [-0.4, -0.2) is 73.3 Å². The van der Waals surface area contributed by atoms with Gasteiger partial charge in [0.15, 0.2) is 0 Å². The van der Waals surface area contributed by atoms with Crippen molar-refractivity contribution < 1.29 is 13.5 Å². The van der Waals surface area contributed by atoms with Crippen LogP contribution in [0.2, 0.25) is 0 Å². The first-order valence-electron chi connectivity index (χ1n) is 13.6. The van der Waals surface area contributed by atoms with Crippen LogP contribution in [0.15, 0.2) is 18.2 Å². The number of nitrogens with one attached hydrogen (secondary N) is 1. The summed E-state index contributed by atoms with van der Waals surface area (Å²) in [5, 5.41) is 12.7. The number of rotatable bonds is 7. The van der Waals surface area contributed by atoms with E-state index in [1.807, 2.05) is 6.07 Å². The Hall–Kier alpha value is -3.03. The number of ether oxygens (including phenoxy) is 1. The summed E-state index contributed by atoms with van der Waals surface area (Å²) in [6.45, 7) is 6.88. The molecule has 0 saturated carbocycles. The number of halogens is 2. The van der Waals surface area contributed by atoms with Gasteiger partial charge in [-0.05, 0) is 57.8 Å². The van der Waals surface area contributed by atoms with Gasteiger partial charge in [-0.2, -0.15) is 15.2 Å². The van der Waals surface area contributed by atoms with Gasteiger partial charge in [-0.25, -0.2) is 8.78 Å². The molecule has 2 atom stereocenters. The third kappa shape index (κ3) is 5.69. The van der Waals surface area contributed by atoms with Crippen molar-refractivity contribution in [3.05, 3.63) is 40.6 Å². The Bertz CT molecular complexity index is 1170. The molecule has 38 heavy (non-hydrogen) atoms. The minimum atomic E-state index is -2.51. The second-order valence-electron chi connectivity index (χ2n) is 10.6. The summed E-state index contributed by atoms with van der Waals surface area (Å²) in [4.78, 5) is 16.6. The zero-order chi connectivity index (χ0) is 26.6. The number of aromatic nitrogens is 2. The second-order valence-corrected chi connectivity index (χ2v) is 10.6. The molecule has 0 amide bonds. The van der Waals surface area contributed by atoms with Gasteiger partial charge in [0, 0.05) is 55.1 Å². The number of anilines is 2. The van der Waals surface area contributed by atoms with Crippen molar-refractivity contribution >= 4 is 11.5 Å². The number of likely N-dealkylation sites (N-methyl/N-ethyl adjacent to an activating group) is 1. The van der Waals surface area contributed by atoms with E-state index in [9.17, 15) is 14.0 Å². The number of hydrogen-bond donors (Lipinski definition) is 1. The summed E-state index contributed by atoms with van der Waals surface area (Å²) < 4.78 is 33.5. The van der Waals surface area contributed by atoms with Crippen LogP contribution in [0.1, 0.15) is 54.5 Å². The van der Waals surface area contributed by atoms with Gasteiger partial charge in [0.1, 0.15) is 12.4 Å². The van der Waals surface area contributed by atoms with Gasteiger partial charge in [-0.3, -0.25) is 0 Å². The number of fused-ring (bicyclic) bond motifs is 1. The summed E-state index contributed by atoms with van der Waals surface area (Å²) in [5.41, 5.74) is 3.49. The highest BCUT2D eigenvalue weighted by Crippen LogP contribution is 2.34. The zero-order valence-electron chi connectivity index (χ0n) is 22.3. The largest absolute Gasteiger partial charge is 0.462 e.